The number of amides is 3. The van der Waals surface area contributed by atoms with Crippen LogP contribution < -0.4 is 10.6 Å². The molecular formula is C20H30N4O4S. The minimum Gasteiger partial charge on any atom is -0.351 e. The lowest BCUT2D eigenvalue weighted by molar-refractivity contribution is -0.121. The van der Waals surface area contributed by atoms with Gasteiger partial charge in [-0.1, -0.05) is 30.3 Å². The minimum absolute atomic E-state index is 0.00786. The average Bonchev–Trinajstić information content (AvgIpc) is 3.30. The van der Waals surface area contributed by atoms with Crippen molar-refractivity contribution in [2.24, 2.45) is 0 Å². The van der Waals surface area contributed by atoms with E-state index in [0.717, 1.165) is 31.5 Å². The Morgan fingerprint density at radius 3 is 2.52 bits per heavy atom. The highest BCUT2D eigenvalue weighted by Gasteiger charge is 2.42. The molecule has 2 saturated heterocycles. The fourth-order valence-corrected chi connectivity index (χ4v) is 5.98. The fourth-order valence-electron chi connectivity index (χ4n) is 4.03. The van der Waals surface area contributed by atoms with Gasteiger partial charge >= 0.3 is 6.03 Å². The molecule has 2 aliphatic rings. The lowest BCUT2D eigenvalue weighted by Gasteiger charge is -2.28. The second-order valence-electron chi connectivity index (χ2n) is 7.88. The number of hydrogen-bond donors (Lipinski definition) is 2. The van der Waals surface area contributed by atoms with E-state index in [1.165, 1.54) is 0 Å². The average molecular weight is 423 g/mol. The molecule has 29 heavy (non-hydrogen) atoms. The van der Waals surface area contributed by atoms with Gasteiger partial charge in [0, 0.05) is 32.6 Å². The Morgan fingerprint density at radius 2 is 1.83 bits per heavy atom. The quantitative estimate of drug-likeness (QED) is 0.670. The Bertz CT molecular complexity index is 809. The normalized spacial score (nSPS) is 23.6. The third-order valence-corrected chi connectivity index (χ3v) is 7.23. The summed E-state index contributed by atoms with van der Waals surface area (Å²) in [5.74, 6) is -0.132. The molecule has 0 spiro atoms. The van der Waals surface area contributed by atoms with E-state index in [4.69, 9.17) is 0 Å². The predicted octanol–water partition coefficient (Wildman–Crippen LogP) is 0.596. The van der Waals surface area contributed by atoms with Gasteiger partial charge in [0.2, 0.25) is 5.91 Å². The maximum Gasteiger partial charge on any atom is 0.317 e. The van der Waals surface area contributed by atoms with Crippen LogP contribution in [0, 0.1) is 0 Å². The molecule has 9 heteroatoms. The topological polar surface area (TPSA) is 98.8 Å². The molecule has 0 aromatic heterocycles. The van der Waals surface area contributed by atoms with E-state index in [-0.39, 0.29) is 48.5 Å². The predicted molar refractivity (Wildman–Crippen MR) is 111 cm³/mol. The number of urea groups is 1. The van der Waals surface area contributed by atoms with Crippen molar-refractivity contribution in [2.45, 2.75) is 37.9 Å². The first kappa shape index (κ1) is 21.6. The molecule has 1 aromatic rings. The van der Waals surface area contributed by atoms with Crippen molar-refractivity contribution >= 4 is 21.8 Å². The molecule has 3 amide bonds. The second kappa shape index (κ2) is 9.58. The van der Waals surface area contributed by atoms with Crippen LogP contribution in [0.1, 0.15) is 24.8 Å². The zero-order valence-corrected chi connectivity index (χ0v) is 17.7. The van der Waals surface area contributed by atoms with Crippen molar-refractivity contribution in [3.8, 4) is 0 Å². The largest absolute Gasteiger partial charge is 0.351 e. The van der Waals surface area contributed by atoms with Gasteiger partial charge in [-0.25, -0.2) is 13.2 Å². The molecule has 160 valence electrons. The standard InChI is InChI=1S/C20H30N4O4S/c1-23(13-16-7-3-2-4-8-16)20(26)21-10-9-19(25)22-17-14-29(27,28)15-18(17)24-11-5-6-12-24/h2-4,7-8,17-18H,5-6,9-15H2,1H3,(H,21,26)(H,22,25). The maximum atomic E-state index is 12.3. The fraction of sp³-hybridized carbons (Fsp3) is 0.600. The molecule has 0 radical (unpaired) electrons. The Balaban J connectivity index is 1.42. The summed E-state index contributed by atoms with van der Waals surface area (Å²) in [4.78, 5) is 28.2. The molecule has 8 nitrogen and oxygen atoms in total. The number of carbonyl (C=O) groups excluding carboxylic acids is 2. The first-order valence-electron chi connectivity index (χ1n) is 10.1. The number of hydrogen-bond acceptors (Lipinski definition) is 5. The zero-order chi connectivity index (χ0) is 20.9. The molecule has 0 bridgehead atoms. The van der Waals surface area contributed by atoms with Gasteiger partial charge in [-0.2, -0.15) is 0 Å². The van der Waals surface area contributed by atoms with Crippen LogP contribution >= 0.6 is 0 Å². The van der Waals surface area contributed by atoms with Gasteiger partial charge in [-0.05, 0) is 31.5 Å². The number of nitrogens with one attached hydrogen (secondary N) is 2. The number of nitrogens with zero attached hydrogens (tertiary/aromatic N) is 2. The van der Waals surface area contributed by atoms with E-state index in [2.05, 4.69) is 15.5 Å². The van der Waals surface area contributed by atoms with Crippen molar-refractivity contribution in [3.63, 3.8) is 0 Å². The molecule has 2 fully saturated rings. The van der Waals surface area contributed by atoms with Crippen molar-refractivity contribution in [3.05, 3.63) is 35.9 Å². The van der Waals surface area contributed by atoms with E-state index < -0.39 is 9.84 Å². The summed E-state index contributed by atoms with van der Waals surface area (Å²) in [7, 11) is -1.43. The minimum atomic E-state index is -3.14. The number of rotatable bonds is 7. The van der Waals surface area contributed by atoms with Crippen LogP contribution in [0.3, 0.4) is 0 Å². The monoisotopic (exact) mass is 422 g/mol. The van der Waals surface area contributed by atoms with Gasteiger partial charge in [-0.3, -0.25) is 9.69 Å². The summed E-state index contributed by atoms with van der Waals surface area (Å²) in [6, 6.07) is 8.90. The third kappa shape index (κ3) is 6.17. The smallest absolute Gasteiger partial charge is 0.317 e. The molecule has 2 N–H and O–H groups in total. The molecule has 0 aliphatic carbocycles. The molecule has 2 aliphatic heterocycles. The van der Waals surface area contributed by atoms with Gasteiger partial charge < -0.3 is 15.5 Å². The lowest BCUT2D eigenvalue weighted by Crippen LogP contribution is -2.50. The number of likely N-dealkylation sites (tertiary alicyclic amines) is 1. The summed E-state index contributed by atoms with van der Waals surface area (Å²) >= 11 is 0. The molecule has 2 atom stereocenters. The second-order valence-corrected chi connectivity index (χ2v) is 10.0. The van der Waals surface area contributed by atoms with Crippen molar-refractivity contribution in [1.82, 2.24) is 20.4 Å². The van der Waals surface area contributed by atoms with E-state index in [9.17, 15) is 18.0 Å². The van der Waals surface area contributed by atoms with Crippen LogP contribution in [0.5, 0.6) is 0 Å². The van der Waals surface area contributed by atoms with Crippen LogP contribution in [0.2, 0.25) is 0 Å². The number of benzene rings is 1. The van der Waals surface area contributed by atoms with Gasteiger partial charge in [0.25, 0.3) is 0 Å². The molecule has 3 rings (SSSR count). The van der Waals surface area contributed by atoms with E-state index in [0.29, 0.717) is 6.54 Å². The summed E-state index contributed by atoms with van der Waals surface area (Å²) in [6.07, 6.45) is 2.26. The molecule has 2 heterocycles. The maximum absolute atomic E-state index is 12.3. The molecule has 0 saturated carbocycles. The van der Waals surface area contributed by atoms with Crippen LogP contribution in [-0.2, 0) is 21.2 Å². The van der Waals surface area contributed by atoms with E-state index in [1.54, 1.807) is 11.9 Å². The SMILES string of the molecule is CN(Cc1ccccc1)C(=O)NCCC(=O)NC1CS(=O)(=O)CC1N1CCCC1. The van der Waals surface area contributed by atoms with Gasteiger partial charge in [0.15, 0.2) is 9.84 Å². The van der Waals surface area contributed by atoms with Crippen molar-refractivity contribution in [1.29, 1.82) is 0 Å². The van der Waals surface area contributed by atoms with Crippen LogP contribution in [0.15, 0.2) is 30.3 Å². The van der Waals surface area contributed by atoms with Gasteiger partial charge in [0.05, 0.1) is 17.5 Å². The summed E-state index contributed by atoms with van der Waals surface area (Å²) < 4.78 is 24.2. The molecule has 1 aromatic carbocycles. The zero-order valence-electron chi connectivity index (χ0n) is 16.8. The molecular weight excluding hydrogens is 392 g/mol. The van der Waals surface area contributed by atoms with Crippen LogP contribution in [0.4, 0.5) is 4.79 Å². The van der Waals surface area contributed by atoms with Crippen molar-refractivity contribution in [2.75, 3.05) is 38.2 Å². The first-order chi connectivity index (χ1) is 13.8. The van der Waals surface area contributed by atoms with Gasteiger partial charge in [0.1, 0.15) is 0 Å². The first-order valence-corrected chi connectivity index (χ1v) is 11.9. The van der Waals surface area contributed by atoms with Crippen LogP contribution in [-0.4, -0.2) is 80.4 Å². The number of carbonyl (C=O) groups is 2. The summed E-state index contributed by atoms with van der Waals surface area (Å²) in [6.45, 7) is 2.46. The Hall–Kier alpha value is -2.13. The highest BCUT2D eigenvalue weighted by molar-refractivity contribution is 7.91. The van der Waals surface area contributed by atoms with Crippen LogP contribution in [0.25, 0.3) is 0 Å². The molecule has 2 unspecified atom stereocenters. The highest BCUT2D eigenvalue weighted by Crippen LogP contribution is 2.22. The lowest BCUT2D eigenvalue weighted by atomic mass is 10.1. The number of sulfone groups is 1. The summed E-state index contributed by atoms with van der Waals surface area (Å²) in [5, 5.41) is 5.62. The third-order valence-electron chi connectivity index (χ3n) is 5.52. The van der Waals surface area contributed by atoms with E-state index in [1.807, 2.05) is 30.3 Å². The Kier molecular flexibility index (Phi) is 7.13. The van der Waals surface area contributed by atoms with Crippen molar-refractivity contribution < 1.29 is 18.0 Å². The van der Waals surface area contributed by atoms with E-state index >= 15 is 0 Å². The summed E-state index contributed by atoms with van der Waals surface area (Å²) in [5.41, 5.74) is 1.03. The highest BCUT2D eigenvalue weighted by atomic mass is 32.2. The van der Waals surface area contributed by atoms with Gasteiger partial charge in [-0.15, -0.1) is 0 Å². The Morgan fingerprint density at radius 1 is 1.14 bits per heavy atom. The Labute approximate surface area is 172 Å².